The largest absolute Gasteiger partial charge is 0.481 e. The van der Waals surface area contributed by atoms with Crippen LogP contribution in [0.2, 0.25) is 0 Å². The molecule has 0 aromatic carbocycles. The standard InChI is InChI=1S/C21H42O3/c1-3-5-7-9-10-11-12-13-14-16-18-21(24,19-20(22)23)17-15-8-6-4-2/h24H,3-19H2,1-2H3,(H,22,23). The monoisotopic (exact) mass is 342 g/mol. The minimum Gasteiger partial charge on any atom is -0.481 e. The van der Waals surface area contributed by atoms with Crippen LogP contribution in [-0.4, -0.2) is 21.8 Å². The van der Waals surface area contributed by atoms with Crippen LogP contribution < -0.4 is 0 Å². The van der Waals surface area contributed by atoms with E-state index >= 15 is 0 Å². The Morgan fingerprint density at radius 1 is 0.667 bits per heavy atom. The topological polar surface area (TPSA) is 57.5 Å². The van der Waals surface area contributed by atoms with Gasteiger partial charge in [0.2, 0.25) is 0 Å². The lowest BCUT2D eigenvalue weighted by Crippen LogP contribution is -2.31. The van der Waals surface area contributed by atoms with Crippen LogP contribution in [0.25, 0.3) is 0 Å². The molecule has 24 heavy (non-hydrogen) atoms. The van der Waals surface area contributed by atoms with Gasteiger partial charge in [-0.2, -0.15) is 0 Å². The highest BCUT2D eigenvalue weighted by molar-refractivity contribution is 5.68. The number of carbonyl (C=O) groups is 1. The fourth-order valence-corrected chi connectivity index (χ4v) is 3.41. The van der Waals surface area contributed by atoms with E-state index in [-0.39, 0.29) is 6.42 Å². The van der Waals surface area contributed by atoms with Crippen LogP contribution in [0.15, 0.2) is 0 Å². The van der Waals surface area contributed by atoms with Gasteiger partial charge in [-0.3, -0.25) is 4.79 Å². The number of rotatable bonds is 18. The Balaban J connectivity index is 3.75. The van der Waals surface area contributed by atoms with Gasteiger partial charge in [-0.1, -0.05) is 104 Å². The summed E-state index contributed by atoms with van der Waals surface area (Å²) in [5, 5.41) is 19.7. The molecule has 0 radical (unpaired) electrons. The molecule has 0 bridgehead atoms. The zero-order valence-electron chi connectivity index (χ0n) is 16.3. The van der Waals surface area contributed by atoms with Gasteiger partial charge in [-0.15, -0.1) is 0 Å². The van der Waals surface area contributed by atoms with E-state index in [2.05, 4.69) is 13.8 Å². The lowest BCUT2D eigenvalue weighted by Gasteiger charge is -2.26. The molecular weight excluding hydrogens is 300 g/mol. The lowest BCUT2D eigenvalue weighted by atomic mass is 9.87. The second kappa shape index (κ2) is 15.9. The Hall–Kier alpha value is -0.570. The second-order valence-electron chi connectivity index (χ2n) is 7.54. The maximum atomic E-state index is 11.0. The summed E-state index contributed by atoms with van der Waals surface area (Å²) in [6, 6.07) is 0. The summed E-state index contributed by atoms with van der Waals surface area (Å²) in [6.07, 6.45) is 18.2. The summed E-state index contributed by atoms with van der Waals surface area (Å²) in [6.45, 7) is 4.41. The Morgan fingerprint density at radius 2 is 1.00 bits per heavy atom. The SMILES string of the molecule is CCCCCCCCCCCCC(O)(CCCCCC)CC(=O)O. The molecular formula is C21H42O3. The predicted octanol–water partition coefficient (Wildman–Crippen LogP) is 6.47. The van der Waals surface area contributed by atoms with E-state index in [4.69, 9.17) is 5.11 Å². The molecule has 1 atom stereocenters. The van der Waals surface area contributed by atoms with E-state index in [1.165, 1.54) is 57.8 Å². The Morgan fingerprint density at radius 3 is 1.38 bits per heavy atom. The molecule has 3 heteroatoms. The van der Waals surface area contributed by atoms with Gasteiger partial charge in [-0.25, -0.2) is 0 Å². The summed E-state index contributed by atoms with van der Waals surface area (Å²) in [5.74, 6) is -0.875. The van der Waals surface area contributed by atoms with E-state index < -0.39 is 11.6 Å². The molecule has 0 amide bonds. The van der Waals surface area contributed by atoms with Crippen molar-refractivity contribution in [1.82, 2.24) is 0 Å². The molecule has 0 aliphatic carbocycles. The zero-order chi connectivity index (χ0) is 18.1. The minimum atomic E-state index is -0.986. The van der Waals surface area contributed by atoms with Crippen molar-refractivity contribution < 1.29 is 15.0 Å². The molecule has 0 saturated carbocycles. The van der Waals surface area contributed by atoms with Crippen molar-refractivity contribution in [3.05, 3.63) is 0 Å². The highest BCUT2D eigenvalue weighted by atomic mass is 16.4. The van der Waals surface area contributed by atoms with Gasteiger partial charge in [0.15, 0.2) is 0 Å². The number of unbranched alkanes of at least 4 members (excludes halogenated alkanes) is 12. The average Bonchev–Trinajstić information content (AvgIpc) is 2.53. The van der Waals surface area contributed by atoms with Crippen LogP contribution >= 0.6 is 0 Å². The number of hydrogen-bond acceptors (Lipinski definition) is 2. The van der Waals surface area contributed by atoms with Crippen LogP contribution in [0.4, 0.5) is 0 Å². The lowest BCUT2D eigenvalue weighted by molar-refractivity contribution is -0.143. The Bertz CT molecular complexity index is 291. The predicted molar refractivity (Wildman–Crippen MR) is 102 cm³/mol. The second-order valence-corrected chi connectivity index (χ2v) is 7.54. The summed E-state index contributed by atoms with van der Waals surface area (Å²) in [5.41, 5.74) is -0.986. The van der Waals surface area contributed by atoms with Crippen LogP contribution in [0.5, 0.6) is 0 Å². The number of carboxylic acids is 1. The van der Waals surface area contributed by atoms with Crippen LogP contribution in [0, 0.1) is 0 Å². The highest BCUT2D eigenvalue weighted by Gasteiger charge is 2.28. The van der Waals surface area contributed by atoms with Crippen LogP contribution in [0.3, 0.4) is 0 Å². The number of hydrogen-bond donors (Lipinski definition) is 2. The Kier molecular flexibility index (Phi) is 15.6. The maximum absolute atomic E-state index is 11.0. The van der Waals surface area contributed by atoms with E-state index in [9.17, 15) is 9.90 Å². The van der Waals surface area contributed by atoms with E-state index in [1.807, 2.05) is 0 Å². The van der Waals surface area contributed by atoms with Crippen molar-refractivity contribution in [2.24, 2.45) is 0 Å². The van der Waals surface area contributed by atoms with Gasteiger partial charge in [0.05, 0.1) is 12.0 Å². The molecule has 0 heterocycles. The molecule has 144 valence electrons. The average molecular weight is 343 g/mol. The summed E-state index contributed by atoms with van der Waals surface area (Å²) < 4.78 is 0. The first kappa shape index (κ1) is 23.4. The van der Waals surface area contributed by atoms with Crippen molar-refractivity contribution in [3.8, 4) is 0 Å². The van der Waals surface area contributed by atoms with Gasteiger partial charge >= 0.3 is 5.97 Å². The molecule has 3 nitrogen and oxygen atoms in total. The minimum absolute atomic E-state index is 0.101. The quantitative estimate of drug-likeness (QED) is 0.280. The first-order chi connectivity index (χ1) is 11.5. The van der Waals surface area contributed by atoms with Gasteiger partial charge < -0.3 is 10.2 Å². The van der Waals surface area contributed by atoms with E-state index in [0.717, 1.165) is 32.1 Å². The number of aliphatic carboxylic acids is 1. The molecule has 2 N–H and O–H groups in total. The molecule has 0 spiro atoms. The van der Waals surface area contributed by atoms with Gasteiger partial charge in [0, 0.05) is 0 Å². The molecule has 0 aliphatic rings. The van der Waals surface area contributed by atoms with Crippen molar-refractivity contribution in [2.45, 2.75) is 129 Å². The third-order valence-corrected chi connectivity index (χ3v) is 4.97. The molecule has 0 saturated heterocycles. The van der Waals surface area contributed by atoms with Gasteiger partial charge in [-0.05, 0) is 12.8 Å². The van der Waals surface area contributed by atoms with Gasteiger partial charge in [0.25, 0.3) is 0 Å². The van der Waals surface area contributed by atoms with Crippen molar-refractivity contribution in [1.29, 1.82) is 0 Å². The Labute approximate surface area is 150 Å². The van der Waals surface area contributed by atoms with Crippen LogP contribution in [-0.2, 0) is 4.79 Å². The smallest absolute Gasteiger partial charge is 0.306 e. The molecule has 0 fully saturated rings. The van der Waals surface area contributed by atoms with Crippen LogP contribution in [0.1, 0.15) is 123 Å². The molecule has 0 aliphatic heterocycles. The van der Waals surface area contributed by atoms with Crippen molar-refractivity contribution >= 4 is 5.97 Å². The highest BCUT2D eigenvalue weighted by Crippen LogP contribution is 2.26. The zero-order valence-corrected chi connectivity index (χ0v) is 16.3. The molecule has 0 aromatic heterocycles. The third-order valence-electron chi connectivity index (χ3n) is 4.97. The summed E-state index contributed by atoms with van der Waals surface area (Å²) in [7, 11) is 0. The molecule has 0 rings (SSSR count). The first-order valence-electron chi connectivity index (χ1n) is 10.5. The fourth-order valence-electron chi connectivity index (χ4n) is 3.41. The normalized spacial score (nSPS) is 13.8. The van der Waals surface area contributed by atoms with Crippen molar-refractivity contribution in [2.75, 3.05) is 0 Å². The number of aliphatic hydroxyl groups is 1. The molecule has 0 aromatic rings. The third kappa shape index (κ3) is 15.0. The maximum Gasteiger partial charge on any atom is 0.306 e. The molecule has 1 unspecified atom stereocenters. The van der Waals surface area contributed by atoms with Crippen molar-refractivity contribution in [3.63, 3.8) is 0 Å². The summed E-state index contributed by atoms with van der Waals surface area (Å²) in [4.78, 5) is 11.0. The summed E-state index contributed by atoms with van der Waals surface area (Å²) >= 11 is 0. The fraction of sp³-hybridized carbons (Fsp3) is 0.952. The van der Waals surface area contributed by atoms with Gasteiger partial charge in [0.1, 0.15) is 0 Å². The van der Waals surface area contributed by atoms with E-state index in [1.54, 1.807) is 0 Å². The van der Waals surface area contributed by atoms with E-state index in [0.29, 0.717) is 12.8 Å². The number of carboxylic acid groups (broad SMARTS) is 1. The first-order valence-corrected chi connectivity index (χ1v) is 10.5.